The van der Waals surface area contributed by atoms with E-state index in [0.717, 1.165) is 47.9 Å². The highest BCUT2D eigenvalue weighted by Gasteiger charge is 2.28. The topological polar surface area (TPSA) is 181 Å². The van der Waals surface area contributed by atoms with Crippen molar-refractivity contribution in [3.8, 4) is 39.9 Å². The first kappa shape index (κ1) is 49.9. The molecule has 2 fully saturated rings. The molecule has 0 spiro atoms. The fraction of sp³-hybridized carbons (Fsp3) is 0.358. The van der Waals surface area contributed by atoms with Crippen LogP contribution in [0.1, 0.15) is 49.7 Å². The summed E-state index contributed by atoms with van der Waals surface area (Å²) in [4.78, 5) is 55.7. The van der Waals surface area contributed by atoms with Gasteiger partial charge in [-0.3, -0.25) is 28.5 Å². The molecule has 8 rings (SSSR count). The van der Waals surface area contributed by atoms with E-state index in [1.165, 1.54) is 21.8 Å². The van der Waals surface area contributed by atoms with Crippen molar-refractivity contribution in [2.45, 2.75) is 77.7 Å². The second kappa shape index (κ2) is 23.9. The Morgan fingerprint density at radius 3 is 1.59 bits per heavy atom. The Hall–Kier alpha value is -7.53. The number of nitrogens with one attached hydrogen (secondary N) is 2. The summed E-state index contributed by atoms with van der Waals surface area (Å²) < 4.78 is 32.8. The molecule has 71 heavy (non-hydrogen) atoms. The molecule has 0 radical (unpaired) electrons. The molecule has 0 aliphatic carbocycles. The van der Waals surface area contributed by atoms with Crippen LogP contribution in [-0.2, 0) is 32.3 Å². The number of hydrogen-bond donors (Lipinski definition) is 2. The lowest BCUT2D eigenvalue weighted by molar-refractivity contribution is -0.135. The molecule has 2 aromatic heterocycles. The van der Waals surface area contributed by atoms with Gasteiger partial charge < -0.3 is 44.1 Å². The van der Waals surface area contributed by atoms with Gasteiger partial charge in [-0.1, -0.05) is 48.0 Å². The highest BCUT2D eigenvalue weighted by atomic mass is 35.5. The molecule has 4 heterocycles. The summed E-state index contributed by atoms with van der Waals surface area (Å²) >= 11 is 6.13. The Balaban J connectivity index is 0.796. The van der Waals surface area contributed by atoms with E-state index in [0.29, 0.717) is 71.3 Å². The zero-order valence-electron chi connectivity index (χ0n) is 40.2. The number of ether oxygens (including phenoxy) is 5. The van der Waals surface area contributed by atoms with Crippen LogP contribution >= 0.6 is 11.6 Å². The maximum Gasteiger partial charge on any atom is 0.244 e. The number of piperidine rings is 2. The number of aromatic nitrogens is 4. The van der Waals surface area contributed by atoms with E-state index in [1.807, 2.05) is 47.4 Å². The van der Waals surface area contributed by atoms with Gasteiger partial charge in [0.15, 0.2) is 11.5 Å². The van der Waals surface area contributed by atoms with Gasteiger partial charge in [-0.2, -0.15) is 10.2 Å². The Morgan fingerprint density at radius 2 is 1.10 bits per heavy atom. The van der Waals surface area contributed by atoms with Gasteiger partial charge in [0, 0.05) is 25.5 Å². The molecule has 0 saturated carbocycles. The number of rotatable bonds is 20. The van der Waals surface area contributed by atoms with E-state index in [2.05, 4.69) is 46.8 Å². The van der Waals surface area contributed by atoms with Crippen LogP contribution in [0.4, 0.5) is 11.4 Å². The number of carbonyl (C=O) groups excluding carboxylic acids is 4. The van der Waals surface area contributed by atoms with Gasteiger partial charge in [-0.25, -0.2) is 0 Å². The number of likely N-dealkylation sites (tertiary alicyclic amines) is 2. The van der Waals surface area contributed by atoms with E-state index >= 15 is 0 Å². The number of carbonyl (C=O) groups is 4. The number of benzene rings is 4. The average molecular weight is 988 g/mol. The van der Waals surface area contributed by atoms with Crippen LogP contribution in [0.15, 0.2) is 110 Å². The summed E-state index contributed by atoms with van der Waals surface area (Å²) in [5.41, 5.74) is 5.16. The number of nitrogens with zero attached hydrogens (tertiary/aromatic N) is 6. The second-order valence-corrected chi connectivity index (χ2v) is 18.0. The Kier molecular flexibility index (Phi) is 16.8. The van der Waals surface area contributed by atoms with E-state index in [1.54, 1.807) is 54.7 Å². The van der Waals surface area contributed by atoms with Gasteiger partial charge in [0.1, 0.15) is 42.5 Å². The van der Waals surface area contributed by atoms with E-state index in [9.17, 15) is 19.2 Å². The first-order valence-corrected chi connectivity index (χ1v) is 24.2. The zero-order valence-corrected chi connectivity index (χ0v) is 40.9. The van der Waals surface area contributed by atoms with Crippen LogP contribution in [0.2, 0.25) is 5.02 Å². The lowest BCUT2D eigenvalue weighted by atomic mass is 9.96. The SMILES string of the molecule is COc1ccccc1OCCC(=O)Nc1cnn(CC(=O)N2CCCC(Oc3ccc(C)c(-c4cc(OC5CCCN(C(=O)Cn6cc(NC(=O)CCOc7ccccc7Cl)cn6)C5)ccc4C)c3)C2)c1. The third-order valence-corrected chi connectivity index (χ3v) is 12.6. The molecule has 2 aliphatic heterocycles. The number of halogens is 1. The summed E-state index contributed by atoms with van der Waals surface area (Å²) in [7, 11) is 1.56. The number of para-hydroxylation sites is 3. The molecule has 6 aromatic rings. The zero-order chi connectivity index (χ0) is 49.7. The molecular weight excluding hydrogens is 928 g/mol. The molecule has 2 N–H and O–H groups in total. The Morgan fingerprint density at radius 1 is 0.634 bits per heavy atom. The smallest absolute Gasteiger partial charge is 0.244 e. The average Bonchev–Trinajstić information content (AvgIpc) is 4.01. The summed E-state index contributed by atoms with van der Waals surface area (Å²) in [5.74, 6) is 2.43. The molecule has 372 valence electrons. The number of hydrogen-bond acceptors (Lipinski definition) is 11. The predicted molar refractivity (Wildman–Crippen MR) is 268 cm³/mol. The van der Waals surface area contributed by atoms with Crippen molar-refractivity contribution in [1.29, 1.82) is 0 Å². The monoisotopic (exact) mass is 986 g/mol. The van der Waals surface area contributed by atoms with Crippen LogP contribution in [-0.4, -0.2) is 112 Å². The van der Waals surface area contributed by atoms with Crippen LogP contribution < -0.4 is 34.3 Å². The Bertz CT molecular complexity index is 2810. The standard InChI is InChI=1S/C53H59ClN8O9/c1-36-16-18-40(70-42-10-8-22-59(32-42)52(65)34-61-30-38(28-55-61)57-50(63)20-24-68-47-13-5-4-12-46(47)54)26-44(36)45-27-41(19-17-37(45)2)71-43-11-9-23-60(33-43)53(66)35-62-31-39(29-56-62)58-51(64)21-25-69-49-15-7-6-14-48(49)67-3/h4-7,12-19,26-31,42-43H,8-11,20-25,32-35H2,1-3H3,(H,57,63)(H,58,64). The first-order chi connectivity index (χ1) is 34.5. The predicted octanol–water partition coefficient (Wildman–Crippen LogP) is 7.98. The van der Waals surface area contributed by atoms with E-state index in [4.69, 9.17) is 35.3 Å². The molecule has 17 nitrogen and oxygen atoms in total. The van der Waals surface area contributed by atoms with Gasteiger partial charge in [0.05, 0.1) is 75.0 Å². The van der Waals surface area contributed by atoms with Crippen molar-refractivity contribution >= 4 is 46.6 Å². The van der Waals surface area contributed by atoms with E-state index < -0.39 is 0 Å². The van der Waals surface area contributed by atoms with Crippen molar-refractivity contribution in [2.24, 2.45) is 0 Å². The number of amides is 4. The van der Waals surface area contributed by atoms with Crippen LogP contribution in [0, 0.1) is 13.8 Å². The summed E-state index contributed by atoms with van der Waals surface area (Å²) in [6, 6.07) is 26.5. The lowest BCUT2D eigenvalue weighted by Crippen LogP contribution is -2.45. The third-order valence-electron chi connectivity index (χ3n) is 12.3. The van der Waals surface area contributed by atoms with Crippen LogP contribution in [0.3, 0.4) is 0 Å². The van der Waals surface area contributed by atoms with Crippen molar-refractivity contribution in [3.63, 3.8) is 0 Å². The Labute approximate surface area is 417 Å². The highest BCUT2D eigenvalue weighted by Crippen LogP contribution is 2.35. The maximum absolute atomic E-state index is 13.5. The first-order valence-electron chi connectivity index (χ1n) is 23.8. The summed E-state index contributed by atoms with van der Waals surface area (Å²) in [6.45, 7) is 6.62. The molecule has 2 saturated heterocycles. The summed E-state index contributed by atoms with van der Waals surface area (Å²) in [5, 5.41) is 14.7. The van der Waals surface area contributed by atoms with Gasteiger partial charge in [0.25, 0.3) is 0 Å². The number of aryl methyl sites for hydroxylation is 2. The van der Waals surface area contributed by atoms with Crippen LogP contribution in [0.25, 0.3) is 11.1 Å². The molecule has 4 amide bonds. The fourth-order valence-corrected chi connectivity index (χ4v) is 8.79. The maximum atomic E-state index is 13.5. The van der Waals surface area contributed by atoms with Crippen molar-refractivity contribution in [1.82, 2.24) is 29.4 Å². The minimum absolute atomic E-state index is 0.0268. The molecule has 4 aromatic carbocycles. The van der Waals surface area contributed by atoms with Crippen molar-refractivity contribution < 1.29 is 42.9 Å². The second-order valence-electron chi connectivity index (χ2n) is 17.6. The highest BCUT2D eigenvalue weighted by molar-refractivity contribution is 6.32. The summed E-state index contributed by atoms with van der Waals surface area (Å²) in [6.07, 6.45) is 9.36. The quantitative estimate of drug-likeness (QED) is 0.0757. The molecule has 18 heteroatoms. The number of methoxy groups -OCH3 is 1. The lowest BCUT2D eigenvalue weighted by Gasteiger charge is -2.33. The van der Waals surface area contributed by atoms with Crippen LogP contribution in [0.5, 0.6) is 28.7 Å². The molecule has 2 atom stereocenters. The minimum Gasteiger partial charge on any atom is -0.493 e. The molecular formula is C53H59ClN8O9. The fourth-order valence-electron chi connectivity index (χ4n) is 8.60. The molecule has 2 unspecified atom stereocenters. The van der Waals surface area contributed by atoms with Crippen molar-refractivity contribution in [3.05, 3.63) is 126 Å². The molecule has 0 bridgehead atoms. The largest absolute Gasteiger partial charge is 0.493 e. The third kappa shape index (κ3) is 13.8. The molecule has 2 aliphatic rings. The van der Waals surface area contributed by atoms with Crippen molar-refractivity contribution in [2.75, 3.05) is 57.1 Å². The number of anilines is 2. The van der Waals surface area contributed by atoms with Gasteiger partial charge in [-0.05, 0) is 110 Å². The minimum atomic E-state index is -0.245. The van der Waals surface area contributed by atoms with Gasteiger partial charge in [0.2, 0.25) is 23.6 Å². The van der Waals surface area contributed by atoms with Gasteiger partial charge >= 0.3 is 0 Å². The normalized spacial score (nSPS) is 15.7. The van der Waals surface area contributed by atoms with Gasteiger partial charge in [-0.15, -0.1) is 0 Å². The van der Waals surface area contributed by atoms with E-state index in [-0.39, 0.29) is 75.0 Å².